The van der Waals surface area contributed by atoms with E-state index in [2.05, 4.69) is 16.9 Å². The lowest BCUT2D eigenvalue weighted by atomic mass is 9.86. The molecule has 1 amide bonds. The molecule has 0 saturated carbocycles. The van der Waals surface area contributed by atoms with E-state index in [0.717, 1.165) is 31.6 Å². The number of alkyl halides is 3. The van der Waals surface area contributed by atoms with Crippen LogP contribution in [-0.4, -0.2) is 66.0 Å². The first-order chi connectivity index (χ1) is 12.2. The SMILES string of the molecule is CCN1CC[C@@]2(CCC1=O)CN(c1ccc(C(F)(F)F)cn1)CCN2C. The summed E-state index contributed by atoms with van der Waals surface area (Å²) < 4.78 is 38.3. The number of carbonyl (C=O) groups excluding carboxylic acids is 1. The molecule has 0 N–H and O–H groups in total. The summed E-state index contributed by atoms with van der Waals surface area (Å²) in [5.41, 5.74) is -0.883. The molecule has 1 aromatic heterocycles. The normalized spacial score (nSPS) is 25.7. The van der Waals surface area contributed by atoms with Crippen LogP contribution >= 0.6 is 0 Å². The molecule has 0 bridgehead atoms. The van der Waals surface area contributed by atoms with E-state index in [4.69, 9.17) is 0 Å². The molecule has 2 aliphatic rings. The highest BCUT2D eigenvalue weighted by atomic mass is 19.4. The van der Waals surface area contributed by atoms with Gasteiger partial charge in [-0.25, -0.2) is 4.98 Å². The van der Waals surface area contributed by atoms with Gasteiger partial charge in [0.1, 0.15) is 5.82 Å². The minimum atomic E-state index is -4.37. The fourth-order valence-corrected chi connectivity index (χ4v) is 3.96. The Hall–Kier alpha value is -1.83. The van der Waals surface area contributed by atoms with Gasteiger partial charge >= 0.3 is 6.18 Å². The molecule has 2 fully saturated rings. The van der Waals surface area contributed by atoms with Gasteiger partial charge < -0.3 is 9.80 Å². The summed E-state index contributed by atoms with van der Waals surface area (Å²) in [5, 5.41) is 0. The quantitative estimate of drug-likeness (QED) is 0.802. The highest BCUT2D eigenvalue weighted by Crippen LogP contribution is 2.34. The van der Waals surface area contributed by atoms with E-state index in [-0.39, 0.29) is 11.4 Å². The predicted molar refractivity (Wildman–Crippen MR) is 92.9 cm³/mol. The van der Waals surface area contributed by atoms with Crippen molar-refractivity contribution < 1.29 is 18.0 Å². The van der Waals surface area contributed by atoms with Crippen LogP contribution in [0, 0.1) is 0 Å². The second-order valence-corrected chi connectivity index (χ2v) is 7.19. The standard InChI is InChI=1S/C18H25F3N4O/c1-3-24-9-8-17(7-6-16(24)26)13-25(11-10-23(17)2)15-5-4-14(12-22-15)18(19,20)21/h4-5,12H,3,6-11,13H2,1-2H3/t17-/m0/s1. The van der Waals surface area contributed by atoms with E-state index in [9.17, 15) is 18.0 Å². The fraction of sp³-hybridized carbons (Fsp3) is 0.667. The summed E-state index contributed by atoms with van der Waals surface area (Å²) in [6, 6.07) is 2.53. The first-order valence-corrected chi connectivity index (χ1v) is 9.02. The van der Waals surface area contributed by atoms with Crippen molar-refractivity contribution in [1.82, 2.24) is 14.8 Å². The van der Waals surface area contributed by atoms with Crippen molar-refractivity contribution in [3.8, 4) is 0 Å². The van der Waals surface area contributed by atoms with Gasteiger partial charge in [0.2, 0.25) is 5.91 Å². The smallest absolute Gasteiger partial charge is 0.353 e. The number of amides is 1. The van der Waals surface area contributed by atoms with Gasteiger partial charge in [0.05, 0.1) is 5.56 Å². The molecule has 1 spiro atoms. The highest BCUT2D eigenvalue weighted by molar-refractivity contribution is 5.76. The molecule has 0 aromatic carbocycles. The monoisotopic (exact) mass is 370 g/mol. The van der Waals surface area contributed by atoms with Crippen LogP contribution in [0.5, 0.6) is 0 Å². The summed E-state index contributed by atoms with van der Waals surface area (Å²) in [4.78, 5) is 22.5. The summed E-state index contributed by atoms with van der Waals surface area (Å²) in [6.07, 6.45) is -1.35. The van der Waals surface area contributed by atoms with E-state index in [1.807, 2.05) is 16.7 Å². The summed E-state index contributed by atoms with van der Waals surface area (Å²) in [6.45, 7) is 5.59. The van der Waals surface area contributed by atoms with Gasteiger partial charge in [0.15, 0.2) is 0 Å². The Morgan fingerprint density at radius 3 is 2.58 bits per heavy atom. The zero-order chi connectivity index (χ0) is 18.9. The number of likely N-dealkylation sites (tertiary alicyclic amines) is 1. The molecule has 26 heavy (non-hydrogen) atoms. The number of anilines is 1. The van der Waals surface area contributed by atoms with Crippen molar-refractivity contribution in [2.75, 3.05) is 44.7 Å². The highest BCUT2D eigenvalue weighted by Gasteiger charge is 2.42. The Kier molecular flexibility index (Phi) is 5.14. The molecule has 3 rings (SSSR count). The number of piperazine rings is 1. The van der Waals surface area contributed by atoms with Crippen LogP contribution in [0.1, 0.15) is 31.7 Å². The zero-order valence-electron chi connectivity index (χ0n) is 15.2. The number of hydrogen-bond donors (Lipinski definition) is 0. The Morgan fingerprint density at radius 1 is 1.19 bits per heavy atom. The second kappa shape index (κ2) is 7.06. The fourth-order valence-electron chi connectivity index (χ4n) is 3.96. The molecule has 1 aromatic rings. The second-order valence-electron chi connectivity index (χ2n) is 7.19. The Labute approximate surface area is 151 Å². The van der Waals surface area contributed by atoms with Gasteiger partial charge in [-0.2, -0.15) is 13.2 Å². The van der Waals surface area contributed by atoms with Crippen LogP contribution in [0.25, 0.3) is 0 Å². The molecule has 0 radical (unpaired) electrons. The van der Waals surface area contributed by atoms with Gasteiger partial charge in [0.25, 0.3) is 0 Å². The van der Waals surface area contributed by atoms with Gasteiger partial charge in [0, 0.05) is 50.9 Å². The topological polar surface area (TPSA) is 39.7 Å². The van der Waals surface area contributed by atoms with Crippen molar-refractivity contribution in [1.29, 1.82) is 0 Å². The third kappa shape index (κ3) is 3.65. The largest absolute Gasteiger partial charge is 0.417 e. The Bertz CT molecular complexity index is 649. The molecular weight excluding hydrogens is 345 g/mol. The Balaban J connectivity index is 1.78. The van der Waals surface area contributed by atoms with Crippen LogP contribution in [0.2, 0.25) is 0 Å². The van der Waals surface area contributed by atoms with E-state index in [1.54, 1.807) is 0 Å². The number of nitrogens with zero attached hydrogens (tertiary/aromatic N) is 4. The lowest BCUT2D eigenvalue weighted by Crippen LogP contribution is -2.61. The third-order valence-corrected chi connectivity index (χ3v) is 5.79. The maximum atomic E-state index is 12.8. The van der Waals surface area contributed by atoms with E-state index < -0.39 is 11.7 Å². The molecule has 0 unspecified atom stereocenters. The predicted octanol–water partition coefficient (Wildman–Crippen LogP) is 2.62. The number of rotatable bonds is 2. The van der Waals surface area contributed by atoms with Crippen LogP contribution in [0.3, 0.4) is 0 Å². The Morgan fingerprint density at radius 2 is 1.96 bits per heavy atom. The molecular formula is C18H25F3N4O. The molecule has 144 valence electrons. The number of likely N-dealkylation sites (N-methyl/N-ethyl adjacent to an activating group) is 1. The molecule has 8 heteroatoms. The van der Waals surface area contributed by atoms with Crippen molar-refractivity contribution in [2.24, 2.45) is 0 Å². The maximum Gasteiger partial charge on any atom is 0.417 e. The minimum absolute atomic E-state index is 0.151. The summed E-state index contributed by atoms with van der Waals surface area (Å²) in [5.74, 6) is 0.746. The van der Waals surface area contributed by atoms with Crippen LogP contribution in [0.4, 0.5) is 19.0 Å². The van der Waals surface area contributed by atoms with Crippen molar-refractivity contribution in [2.45, 2.75) is 37.9 Å². The summed E-state index contributed by atoms with van der Waals surface area (Å²) >= 11 is 0. The first kappa shape index (κ1) is 18.9. The summed E-state index contributed by atoms with van der Waals surface area (Å²) in [7, 11) is 2.07. The average molecular weight is 370 g/mol. The van der Waals surface area contributed by atoms with Crippen LogP contribution < -0.4 is 4.90 Å². The van der Waals surface area contributed by atoms with Crippen molar-refractivity contribution >= 4 is 11.7 Å². The lowest BCUT2D eigenvalue weighted by Gasteiger charge is -2.49. The van der Waals surface area contributed by atoms with Gasteiger partial charge in [-0.1, -0.05) is 0 Å². The van der Waals surface area contributed by atoms with Gasteiger partial charge in [-0.05, 0) is 38.9 Å². The minimum Gasteiger partial charge on any atom is -0.353 e. The zero-order valence-corrected chi connectivity index (χ0v) is 15.2. The number of hydrogen-bond acceptors (Lipinski definition) is 4. The number of halogens is 3. The molecule has 1 atom stereocenters. The van der Waals surface area contributed by atoms with Crippen LogP contribution in [0.15, 0.2) is 18.3 Å². The average Bonchev–Trinajstić information content (AvgIpc) is 2.77. The first-order valence-electron chi connectivity index (χ1n) is 9.02. The molecule has 3 heterocycles. The number of carbonyl (C=O) groups is 1. The third-order valence-electron chi connectivity index (χ3n) is 5.79. The molecule has 5 nitrogen and oxygen atoms in total. The number of pyridine rings is 1. The van der Waals surface area contributed by atoms with Crippen molar-refractivity contribution in [3.63, 3.8) is 0 Å². The van der Waals surface area contributed by atoms with Gasteiger partial charge in [-0.3, -0.25) is 9.69 Å². The van der Waals surface area contributed by atoms with Gasteiger partial charge in [-0.15, -0.1) is 0 Å². The van der Waals surface area contributed by atoms with Crippen molar-refractivity contribution in [3.05, 3.63) is 23.9 Å². The molecule has 0 aliphatic carbocycles. The van der Waals surface area contributed by atoms with E-state index in [0.29, 0.717) is 38.4 Å². The molecule has 2 saturated heterocycles. The molecule has 2 aliphatic heterocycles. The van der Waals surface area contributed by atoms with E-state index in [1.165, 1.54) is 6.07 Å². The lowest BCUT2D eigenvalue weighted by molar-refractivity contribution is -0.137. The maximum absolute atomic E-state index is 12.8. The van der Waals surface area contributed by atoms with Crippen LogP contribution in [-0.2, 0) is 11.0 Å². The number of aromatic nitrogens is 1. The van der Waals surface area contributed by atoms with E-state index >= 15 is 0 Å².